The van der Waals surface area contributed by atoms with Crippen molar-refractivity contribution in [3.8, 4) is 0 Å². The van der Waals surface area contributed by atoms with Gasteiger partial charge < -0.3 is 5.73 Å². The first-order valence-electron chi connectivity index (χ1n) is 3.85. The number of hydrogen-bond donors (Lipinski definition) is 1. The van der Waals surface area contributed by atoms with Crippen molar-refractivity contribution < 1.29 is 4.39 Å². The van der Waals surface area contributed by atoms with E-state index in [2.05, 4.69) is 0 Å². The molecule has 0 radical (unpaired) electrons. The van der Waals surface area contributed by atoms with Gasteiger partial charge in [-0.2, -0.15) is 0 Å². The molecule has 2 N–H and O–H groups in total. The molecule has 1 aromatic carbocycles. The summed E-state index contributed by atoms with van der Waals surface area (Å²) in [6.07, 6.45) is 0.753. The maximum absolute atomic E-state index is 12.7. The molecule has 1 aromatic rings. The lowest BCUT2D eigenvalue weighted by atomic mass is 10.1. The highest BCUT2D eigenvalue weighted by molar-refractivity contribution is 6.31. The van der Waals surface area contributed by atoms with Crippen LogP contribution >= 0.6 is 24.0 Å². The maximum atomic E-state index is 12.7. The molecule has 0 unspecified atom stereocenters. The molecule has 0 aromatic heterocycles. The molecule has 0 amide bonds. The van der Waals surface area contributed by atoms with Gasteiger partial charge in [0.05, 0.1) is 0 Å². The number of benzene rings is 1. The van der Waals surface area contributed by atoms with E-state index in [-0.39, 0.29) is 24.3 Å². The van der Waals surface area contributed by atoms with Crippen LogP contribution in [0.15, 0.2) is 18.2 Å². The molecule has 0 aliphatic carbocycles. The van der Waals surface area contributed by atoms with E-state index in [1.165, 1.54) is 18.2 Å². The summed E-state index contributed by atoms with van der Waals surface area (Å²) in [5.74, 6) is -0.293. The average Bonchev–Trinajstić information content (AvgIpc) is 2.08. The Morgan fingerprint density at radius 2 is 2.15 bits per heavy atom. The summed E-state index contributed by atoms with van der Waals surface area (Å²) >= 11 is 5.82. The van der Waals surface area contributed by atoms with Gasteiger partial charge in [-0.05, 0) is 30.2 Å². The Hall–Kier alpha value is -0.310. The van der Waals surface area contributed by atoms with E-state index in [1.807, 2.05) is 6.92 Å². The standard InChI is InChI=1S/C9H11ClFN.ClH/c1-2-9(12)7-5-6(11)3-4-8(7)10;/h3-5,9H,2,12H2,1H3;1H/t9-;/m1./s1. The van der Waals surface area contributed by atoms with Gasteiger partial charge in [0.1, 0.15) is 5.82 Å². The molecule has 0 bridgehead atoms. The van der Waals surface area contributed by atoms with E-state index in [0.717, 1.165) is 6.42 Å². The second-order valence-corrected chi connectivity index (χ2v) is 3.09. The van der Waals surface area contributed by atoms with Gasteiger partial charge in [-0.3, -0.25) is 0 Å². The Balaban J connectivity index is 0.00000144. The second-order valence-electron chi connectivity index (χ2n) is 2.68. The summed E-state index contributed by atoms with van der Waals surface area (Å²) in [6.45, 7) is 1.94. The Morgan fingerprint density at radius 3 is 2.69 bits per heavy atom. The highest BCUT2D eigenvalue weighted by Gasteiger charge is 2.08. The number of rotatable bonds is 2. The van der Waals surface area contributed by atoms with Crippen molar-refractivity contribution in [1.29, 1.82) is 0 Å². The fourth-order valence-electron chi connectivity index (χ4n) is 1.02. The predicted molar refractivity (Wildman–Crippen MR) is 55.9 cm³/mol. The van der Waals surface area contributed by atoms with Gasteiger partial charge in [0.2, 0.25) is 0 Å². The van der Waals surface area contributed by atoms with Crippen LogP contribution in [-0.2, 0) is 0 Å². The van der Waals surface area contributed by atoms with Crippen molar-refractivity contribution in [2.24, 2.45) is 5.73 Å². The molecule has 0 aliphatic heterocycles. The lowest BCUT2D eigenvalue weighted by Gasteiger charge is -2.10. The van der Waals surface area contributed by atoms with Crippen molar-refractivity contribution in [3.05, 3.63) is 34.6 Å². The van der Waals surface area contributed by atoms with Crippen LogP contribution in [0.2, 0.25) is 5.02 Å². The third-order valence-electron chi connectivity index (χ3n) is 1.80. The fourth-order valence-corrected chi connectivity index (χ4v) is 1.28. The molecule has 74 valence electrons. The minimum Gasteiger partial charge on any atom is -0.324 e. The first kappa shape index (κ1) is 12.7. The Morgan fingerprint density at radius 1 is 1.54 bits per heavy atom. The molecule has 0 fully saturated rings. The summed E-state index contributed by atoms with van der Waals surface area (Å²) in [4.78, 5) is 0. The minimum atomic E-state index is -0.293. The normalized spacial score (nSPS) is 12.0. The largest absolute Gasteiger partial charge is 0.324 e. The minimum absolute atomic E-state index is 0. The predicted octanol–water partition coefficient (Wildman–Crippen LogP) is 3.31. The molecule has 13 heavy (non-hydrogen) atoms. The van der Waals surface area contributed by atoms with Crippen LogP contribution in [0, 0.1) is 5.82 Å². The zero-order valence-corrected chi connectivity index (χ0v) is 8.83. The molecule has 0 heterocycles. The lowest BCUT2D eigenvalue weighted by molar-refractivity contribution is 0.617. The third kappa shape index (κ3) is 3.14. The van der Waals surface area contributed by atoms with Crippen LogP contribution in [-0.4, -0.2) is 0 Å². The number of hydrogen-bond acceptors (Lipinski definition) is 1. The molecule has 1 atom stereocenters. The van der Waals surface area contributed by atoms with E-state index < -0.39 is 0 Å². The Kier molecular flexibility index (Phi) is 5.30. The van der Waals surface area contributed by atoms with E-state index in [1.54, 1.807) is 0 Å². The van der Waals surface area contributed by atoms with E-state index in [0.29, 0.717) is 10.6 Å². The topological polar surface area (TPSA) is 26.0 Å². The highest BCUT2D eigenvalue weighted by Crippen LogP contribution is 2.23. The van der Waals surface area contributed by atoms with E-state index in [9.17, 15) is 4.39 Å². The molecule has 0 spiro atoms. The molecule has 1 nitrogen and oxygen atoms in total. The van der Waals surface area contributed by atoms with Crippen molar-refractivity contribution in [1.82, 2.24) is 0 Å². The van der Waals surface area contributed by atoms with Crippen LogP contribution < -0.4 is 5.73 Å². The van der Waals surface area contributed by atoms with Gasteiger partial charge in [-0.25, -0.2) is 4.39 Å². The zero-order valence-electron chi connectivity index (χ0n) is 7.26. The summed E-state index contributed by atoms with van der Waals surface area (Å²) in [5.41, 5.74) is 6.39. The molecule has 0 aliphatic rings. The van der Waals surface area contributed by atoms with Gasteiger partial charge in [0.25, 0.3) is 0 Å². The Labute approximate surface area is 88.5 Å². The molecule has 4 heteroatoms. The smallest absolute Gasteiger partial charge is 0.123 e. The van der Waals surface area contributed by atoms with Crippen LogP contribution in [0.25, 0.3) is 0 Å². The second kappa shape index (κ2) is 5.43. The van der Waals surface area contributed by atoms with Crippen LogP contribution in [0.1, 0.15) is 24.9 Å². The highest BCUT2D eigenvalue weighted by atomic mass is 35.5. The quantitative estimate of drug-likeness (QED) is 0.819. The van der Waals surface area contributed by atoms with Crippen LogP contribution in [0.5, 0.6) is 0 Å². The average molecular weight is 224 g/mol. The lowest BCUT2D eigenvalue weighted by Crippen LogP contribution is -2.09. The summed E-state index contributed by atoms with van der Waals surface area (Å²) in [7, 11) is 0. The van der Waals surface area contributed by atoms with Crippen molar-refractivity contribution in [2.45, 2.75) is 19.4 Å². The monoisotopic (exact) mass is 223 g/mol. The number of halogens is 3. The van der Waals surface area contributed by atoms with E-state index in [4.69, 9.17) is 17.3 Å². The SMILES string of the molecule is CC[C@@H](N)c1cc(F)ccc1Cl.Cl. The van der Waals surface area contributed by atoms with Crippen LogP contribution in [0.3, 0.4) is 0 Å². The van der Waals surface area contributed by atoms with Crippen molar-refractivity contribution >= 4 is 24.0 Å². The van der Waals surface area contributed by atoms with Gasteiger partial charge in [0, 0.05) is 11.1 Å². The summed E-state index contributed by atoms with van der Waals surface area (Å²) < 4.78 is 12.7. The fraction of sp³-hybridized carbons (Fsp3) is 0.333. The molecular formula is C9H12Cl2FN. The maximum Gasteiger partial charge on any atom is 0.123 e. The van der Waals surface area contributed by atoms with E-state index >= 15 is 0 Å². The Bertz CT molecular complexity index is 278. The third-order valence-corrected chi connectivity index (χ3v) is 2.14. The molecular weight excluding hydrogens is 212 g/mol. The molecule has 0 saturated heterocycles. The van der Waals surface area contributed by atoms with Gasteiger partial charge in [-0.15, -0.1) is 12.4 Å². The zero-order chi connectivity index (χ0) is 9.14. The van der Waals surface area contributed by atoms with Gasteiger partial charge >= 0.3 is 0 Å². The molecule has 1 rings (SSSR count). The van der Waals surface area contributed by atoms with Gasteiger partial charge in [0.15, 0.2) is 0 Å². The van der Waals surface area contributed by atoms with Crippen LogP contribution in [0.4, 0.5) is 4.39 Å². The van der Waals surface area contributed by atoms with Gasteiger partial charge in [-0.1, -0.05) is 18.5 Å². The summed E-state index contributed by atoms with van der Waals surface area (Å²) in [5, 5.41) is 0.533. The molecule has 0 saturated carbocycles. The summed E-state index contributed by atoms with van der Waals surface area (Å²) in [6, 6.07) is 4.07. The van der Waals surface area contributed by atoms with Crippen molar-refractivity contribution in [2.75, 3.05) is 0 Å². The van der Waals surface area contributed by atoms with Crippen molar-refractivity contribution in [3.63, 3.8) is 0 Å². The first-order chi connectivity index (χ1) is 5.65. The first-order valence-corrected chi connectivity index (χ1v) is 4.23. The number of nitrogens with two attached hydrogens (primary N) is 1.